The summed E-state index contributed by atoms with van der Waals surface area (Å²) in [7, 11) is 0. The lowest BCUT2D eigenvalue weighted by Crippen LogP contribution is -2.24. The van der Waals surface area contributed by atoms with Crippen LogP contribution in [-0.4, -0.2) is 55.3 Å². The lowest BCUT2D eigenvalue weighted by molar-refractivity contribution is 0.175. The molecule has 4 heterocycles. The molecular weight excluding hydrogens is 515 g/mol. The fourth-order valence-electron chi connectivity index (χ4n) is 3.82. The molecule has 1 aliphatic heterocycles. The second-order valence-electron chi connectivity index (χ2n) is 7.42. The van der Waals surface area contributed by atoms with Crippen LogP contribution in [0.15, 0.2) is 45.3 Å². The van der Waals surface area contributed by atoms with Crippen molar-refractivity contribution in [3.8, 4) is 0 Å². The van der Waals surface area contributed by atoms with Gasteiger partial charge in [0.15, 0.2) is 22.1 Å². The topological polar surface area (TPSA) is 106 Å². The Morgan fingerprint density at radius 3 is 3.03 bits per heavy atom. The van der Waals surface area contributed by atoms with Crippen LogP contribution in [0, 0.1) is 3.57 Å². The maximum atomic E-state index is 9.75. The summed E-state index contributed by atoms with van der Waals surface area (Å²) in [4.78, 5) is 16.7. The summed E-state index contributed by atoms with van der Waals surface area (Å²) in [5.41, 5.74) is 8.35. The number of benzene rings is 1. The number of nitrogens with two attached hydrogens (primary N) is 1. The molecule has 156 valence electrons. The van der Waals surface area contributed by atoms with E-state index in [2.05, 4.69) is 48.1 Å². The van der Waals surface area contributed by atoms with Gasteiger partial charge in [-0.25, -0.2) is 15.0 Å². The van der Waals surface area contributed by atoms with Gasteiger partial charge in [0.05, 0.1) is 12.4 Å². The Balaban J connectivity index is 1.44. The van der Waals surface area contributed by atoms with Gasteiger partial charge in [0.2, 0.25) is 0 Å². The molecule has 3 N–H and O–H groups in total. The molecule has 8 nitrogen and oxygen atoms in total. The van der Waals surface area contributed by atoms with E-state index in [9.17, 15) is 5.11 Å². The number of nitrogen functional groups attached to an aromatic ring is 1. The number of fused-ring (bicyclic) bond motifs is 2. The monoisotopic (exact) mass is 536 g/mol. The van der Waals surface area contributed by atoms with Gasteiger partial charge >= 0.3 is 0 Å². The minimum atomic E-state index is -0.197. The minimum Gasteiger partial charge on any atom is -0.464 e. The molecule has 0 radical (unpaired) electrons. The van der Waals surface area contributed by atoms with Crippen LogP contribution < -0.4 is 5.73 Å². The molecule has 0 spiro atoms. The molecule has 1 unspecified atom stereocenters. The number of hydrogen-bond acceptors (Lipinski definition) is 8. The van der Waals surface area contributed by atoms with Crippen LogP contribution in [0.2, 0.25) is 0 Å². The number of imidazole rings is 1. The van der Waals surface area contributed by atoms with Crippen molar-refractivity contribution in [1.82, 2.24) is 24.4 Å². The highest BCUT2D eigenvalue weighted by atomic mass is 127. The molecule has 4 aromatic rings. The lowest BCUT2D eigenvalue weighted by Gasteiger charge is -2.15. The first-order chi connectivity index (χ1) is 14.6. The van der Waals surface area contributed by atoms with E-state index in [0.717, 1.165) is 69.3 Å². The quantitative estimate of drug-likeness (QED) is 0.362. The highest BCUT2D eigenvalue weighted by molar-refractivity contribution is 14.1. The molecule has 1 aliphatic rings. The Morgan fingerprint density at radius 1 is 1.30 bits per heavy atom. The SMILES string of the molecule is Nc1ncnc2c1nc(Sc1cc3ccoc3cc1I)n2CCCN1CCC(O)C1. The molecule has 0 saturated carbocycles. The van der Waals surface area contributed by atoms with Crippen molar-refractivity contribution in [1.29, 1.82) is 0 Å². The maximum Gasteiger partial charge on any atom is 0.175 e. The number of aliphatic hydroxyl groups excluding tert-OH is 1. The second kappa shape index (κ2) is 8.33. The van der Waals surface area contributed by atoms with E-state index in [1.165, 1.54) is 6.33 Å². The van der Waals surface area contributed by atoms with Crippen molar-refractivity contribution in [3.05, 3.63) is 34.4 Å². The number of hydrogen-bond donors (Lipinski definition) is 2. The molecule has 10 heteroatoms. The molecular formula is C20H21IN6O2S. The standard InChI is InChI=1S/C20H21IN6O2S/c21-14-9-15-12(3-7-29-15)8-16(14)30-20-25-17-18(22)23-11-24-19(17)27(20)5-1-4-26-6-2-13(28)10-26/h3,7-9,11,13,28H,1-2,4-6,10H2,(H2,22,23,24). The number of halogens is 1. The number of nitrogens with zero attached hydrogens (tertiary/aromatic N) is 5. The lowest BCUT2D eigenvalue weighted by atomic mass is 10.3. The normalized spacial score (nSPS) is 17.5. The third kappa shape index (κ3) is 3.88. The van der Waals surface area contributed by atoms with Crippen molar-refractivity contribution in [3.63, 3.8) is 0 Å². The van der Waals surface area contributed by atoms with E-state index < -0.39 is 0 Å². The van der Waals surface area contributed by atoms with Crippen molar-refractivity contribution < 1.29 is 9.52 Å². The Bertz CT molecular complexity index is 1210. The summed E-state index contributed by atoms with van der Waals surface area (Å²) in [6.07, 6.45) is 4.79. The third-order valence-corrected chi connectivity index (χ3v) is 7.65. The third-order valence-electron chi connectivity index (χ3n) is 5.34. The fourth-order valence-corrected chi connectivity index (χ4v) is 5.55. The van der Waals surface area contributed by atoms with Crippen LogP contribution in [0.3, 0.4) is 0 Å². The van der Waals surface area contributed by atoms with Crippen LogP contribution >= 0.6 is 34.4 Å². The summed E-state index contributed by atoms with van der Waals surface area (Å²) in [6, 6.07) is 6.13. The van der Waals surface area contributed by atoms with Gasteiger partial charge in [-0.15, -0.1) is 0 Å². The van der Waals surface area contributed by atoms with Gasteiger partial charge in [-0.05, 0) is 60.2 Å². The predicted octanol–water partition coefficient (Wildman–Crippen LogP) is 3.37. The molecule has 0 amide bonds. The average molecular weight is 536 g/mol. The number of β-amino-alcohol motifs (C(OH)–C–C–N with tert-alkyl or cyclic N) is 1. The van der Waals surface area contributed by atoms with Crippen LogP contribution in [0.25, 0.3) is 22.1 Å². The van der Waals surface area contributed by atoms with E-state index in [0.29, 0.717) is 11.3 Å². The summed E-state index contributed by atoms with van der Waals surface area (Å²) in [5, 5.41) is 11.7. The molecule has 1 aromatic carbocycles. The number of aromatic nitrogens is 4. The molecule has 30 heavy (non-hydrogen) atoms. The highest BCUT2D eigenvalue weighted by Gasteiger charge is 2.21. The van der Waals surface area contributed by atoms with E-state index >= 15 is 0 Å². The number of aryl methyl sites for hydroxylation is 1. The minimum absolute atomic E-state index is 0.197. The van der Waals surface area contributed by atoms with Crippen LogP contribution in [0.4, 0.5) is 5.82 Å². The molecule has 5 rings (SSSR count). The van der Waals surface area contributed by atoms with E-state index in [1.54, 1.807) is 18.0 Å². The highest BCUT2D eigenvalue weighted by Crippen LogP contribution is 2.36. The van der Waals surface area contributed by atoms with Gasteiger partial charge < -0.3 is 24.7 Å². The van der Waals surface area contributed by atoms with Gasteiger partial charge in [0.1, 0.15) is 11.9 Å². The molecule has 3 aromatic heterocycles. The Labute approximate surface area is 191 Å². The number of rotatable bonds is 6. The zero-order valence-electron chi connectivity index (χ0n) is 16.2. The smallest absolute Gasteiger partial charge is 0.175 e. The molecule has 0 bridgehead atoms. The zero-order valence-corrected chi connectivity index (χ0v) is 19.1. The first-order valence-corrected chi connectivity index (χ1v) is 11.7. The molecule has 0 aliphatic carbocycles. The van der Waals surface area contributed by atoms with E-state index in [4.69, 9.17) is 15.1 Å². The maximum absolute atomic E-state index is 9.75. The first kappa shape index (κ1) is 20.0. The van der Waals surface area contributed by atoms with Gasteiger partial charge in [-0.1, -0.05) is 11.8 Å². The van der Waals surface area contributed by atoms with Crippen molar-refractivity contribution in [2.75, 3.05) is 25.4 Å². The van der Waals surface area contributed by atoms with Crippen LogP contribution in [0.5, 0.6) is 0 Å². The van der Waals surface area contributed by atoms with Crippen molar-refractivity contribution in [2.45, 2.75) is 35.5 Å². The Kier molecular flexibility index (Phi) is 5.56. The van der Waals surface area contributed by atoms with E-state index in [1.807, 2.05) is 12.1 Å². The summed E-state index contributed by atoms with van der Waals surface area (Å²) >= 11 is 3.93. The fraction of sp³-hybridized carbons (Fsp3) is 0.350. The van der Waals surface area contributed by atoms with Crippen molar-refractivity contribution in [2.24, 2.45) is 0 Å². The first-order valence-electron chi connectivity index (χ1n) is 9.80. The van der Waals surface area contributed by atoms with Gasteiger partial charge in [-0.2, -0.15) is 0 Å². The number of likely N-dealkylation sites (tertiary alicyclic amines) is 1. The number of aliphatic hydroxyl groups is 1. The molecule has 1 atom stereocenters. The number of anilines is 1. The van der Waals surface area contributed by atoms with Crippen molar-refractivity contribution >= 4 is 62.3 Å². The molecule has 1 saturated heterocycles. The van der Waals surface area contributed by atoms with Crippen LogP contribution in [-0.2, 0) is 6.54 Å². The Hall–Kier alpha value is -1.89. The largest absolute Gasteiger partial charge is 0.464 e. The average Bonchev–Trinajstić information content (AvgIpc) is 3.43. The summed E-state index contributed by atoms with van der Waals surface area (Å²) in [5.74, 6) is 0.392. The van der Waals surface area contributed by atoms with Crippen LogP contribution in [0.1, 0.15) is 12.8 Å². The van der Waals surface area contributed by atoms with E-state index in [-0.39, 0.29) is 6.10 Å². The second-order valence-corrected chi connectivity index (χ2v) is 9.59. The van der Waals surface area contributed by atoms with Gasteiger partial charge in [0, 0.05) is 33.5 Å². The van der Waals surface area contributed by atoms with Gasteiger partial charge in [0.25, 0.3) is 0 Å². The number of furan rings is 1. The predicted molar refractivity (Wildman–Crippen MR) is 124 cm³/mol. The zero-order chi connectivity index (χ0) is 20.7. The van der Waals surface area contributed by atoms with Gasteiger partial charge in [-0.3, -0.25) is 0 Å². The molecule has 1 fully saturated rings. The summed E-state index contributed by atoms with van der Waals surface area (Å²) < 4.78 is 8.73. The Morgan fingerprint density at radius 2 is 2.20 bits per heavy atom. The summed E-state index contributed by atoms with van der Waals surface area (Å²) in [6.45, 7) is 3.40.